The highest BCUT2D eigenvalue weighted by Gasteiger charge is 2.62. The highest BCUT2D eigenvalue weighted by atomic mass is 16.3. The van der Waals surface area contributed by atoms with Crippen LogP contribution < -0.4 is 0 Å². The second kappa shape index (κ2) is 9.22. The molecule has 3 saturated carbocycles. The molecule has 0 aromatic rings. The van der Waals surface area contributed by atoms with Crippen molar-refractivity contribution in [2.24, 2.45) is 29.1 Å². The summed E-state index contributed by atoms with van der Waals surface area (Å²) in [5.74, 6) is 1.20. The number of fused-ring (bicyclic) bond motifs is 1. The second-order valence-electron chi connectivity index (χ2n) is 9.72. The highest BCUT2D eigenvalue weighted by molar-refractivity contribution is 5.94. The predicted octanol–water partition coefficient (Wildman–Crippen LogP) is 5.05. The normalized spacial score (nSPS) is 38.6. The number of aliphatic hydroxyl groups is 2. The van der Waals surface area contributed by atoms with E-state index in [9.17, 15) is 15.0 Å². The van der Waals surface area contributed by atoms with Crippen molar-refractivity contribution in [1.29, 1.82) is 0 Å². The van der Waals surface area contributed by atoms with Crippen molar-refractivity contribution in [3.63, 3.8) is 0 Å². The molecule has 0 radical (unpaired) electrons. The fraction of sp³-hybridized carbons (Fsp3) is 0.875. The van der Waals surface area contributed by atoms with E-state index in [-0.39, 0.29) is 29.3 Å². The van der Waals surface area contributed by atoms with Crippen molar-refractivity contribution >= 4 is 5.78 Å². The maximum Gasteiger partial charge on any atom is 0.142 e. The minimum absolute atomic E-state index is 0.0239. The van der Waals surface area contributed by atoms with Crippen LogP contribution in [0.1, 0.15) is 90.9 Å². The van der Waals surface area contributed by atoms with Gasteiger partial charge >= 0.3 is 0 Å². The molecule has 0 spiro atoms. The molecule has 0 aromatic carbocycles. The van der Waals surface area contributed by atoms with Crippen LogP contribution in [0.15, 0.2) is 12.2 Å². The molecule has 3 rings (SSSR count). The third-order valence-electron chi connectivity index (χ3n) is 7.92. The molecular weight excluding hydrogens is 336 g/mol. The average molecular weight is 377 g/mol. The SMILES string of the molecule is CCCCCCC1C(=O)[C@]2(C)CC[C@H](O)[C@@H](/C=C/[C@H](O)C3CCCCC3)[C@H]12. The van der Waals surface area contributed by atoms with Gasteiger partial charge in [0.2, 0.25) is 0 Å². The van der Waals surface area contributed by atoms with E-state index in [0.717, 1.165) is 32.1 Å². The van der Waals surface area contributed by atoms with Crippen LogP contribution in [0.25, 0.3) is 0 Å². The lowest BCUT2D eigenvalue weighted by atomic mass is 9.44. The molecule has 27 heavy (non-hydrogen) atoms. The van der Waals surface area contributed by atoms with Gasteiger partial charge in [0, 0.05) is 17.3 Å². The first kappa shape index (κ1) is 21.0. The van der Waals surface area contributed by atoms with Gasteiger partial charge in [-0.15, -0.1) is 0 Å². The number of hydrogen-bond donors (Lipinski definition) is 2. The van der Waals surface area contributed by atoms with Crippen LogP contribution in [-0.4, -0.2) is 28.2 Å². The van der Waals surface area contributed by atoms with Gasteiger partial charge in [-0.05, 0) is 43.9 Å². The molecule has 3 nitrogen and oxygen atoms in total. The minimum atomic E-state index is -0.399. The molecule has 3 fully saturated rings. The topological polar surface area (TPSA) is 57.5 Å². The number of unbranched alkanes of at least 4 members (excludes halogenated alkanes) is 3. The minimum Gasteiger partial charge on any atom is -0.393 e. The van der Waals surface area contributed by atoms with Crippen LogP contribution in [0.3, 0.4) is 0 Å². The standard InChI is InChI=1S/C24H40O3/c1-3-4-5-9-12-19-22-18(21(26)15-16-24(22,2)23(19)27)13-14-20(25)17-10-7-6-8-11-17/h13-14,17-22,25-26H,3-12,15-16H2,1-2H3/b14-13+/t18-,19?,20+,21+,22-,24-/m1/s1. The summed E-state index contributed by atoms with van der Waals surface area (Å²) >= 11 is 0. The zero-order valence-electron chi connectivity index (χ0n) is 17.4. The zero-order chi connectivity index (χ0) is 19.4. The van der Waals surface area contributed by atoms with Gasteiger partial charge in [-0.3, -0.25) is 4.79 Å². The van der Waals surface area contributed by atoms with Crippen molar-refractivity contribution in [3.05, 3.63) is 12.2 Å². The van der Waals surface area contributed by atoms with Gasteiger partial charge in [0.05, 0.1) is 12.2 Å². The highest BCUT2D eigenvalue weighted by Crippen LogP contribution is 2.60. The number of hydrogen-bond acceptors (Lipinski definition) is 3. The Morgan fingerprint density at radius 2 is 1.89 bits per heavy atom. The van der Waals surface area contributed by atoms with E-state index < -0.39 is 6.10 Å². The molecule has 6 atom stereocenters. The molecular formula is C24H40O3. The monoisotopic (exact) mass is 376 g/mol. The lowest BCUT2D eigenvalue weighted by Crippen LogP contribution is -2.62. The number of aliphatic hydroxyl groups excluding tert-OH is 2. The van der Waals surface area contributed by atoms with E-state index in [4.69, 9.17) is 0 Å². The Morgan fingerprint density at radius 1 is 1.15 bits per heavy atom. The van der Waals surface area contributed by atoms with Gasteiger partial charge in [0.25, 0.3) is 0 Å². The quantitative estimate of drug-likeness (QED) is 0.460. The van der Waals surface area contributed by atoms with Gasteiger partial charge in [0.1, 0.15) is 5.78 Å². The third-order valence-corrected chi connectivity index (χ3v) is 7.92. The first-order valence-electron chi connectivity index (χ1n) is 11.6. The van der Waals surface area contributed by atoms with Gasteiger partial charge in [0.15, 0.2) is 0 Å². The smallest absolute Gasteiger partial charge is 0.142 e. The van der Waals surface area contributed by atoms with E-state index in [1.165, 1.54) is 38.5 Å². The molecule has 3 aliphatic carbocycles. The Hall–Kier alpha value is -0.670. The lowest BCUT2D eigenvalue weighted by molar-refractivity contribution is -0.173. The summed E-state index contributed by atoms with van der Waals surface area (Å²) in [7, 11) is 0. The Bertz CT molecular complexity index is 522. The van der Waals surface area contributed by atoms with Crippen LogP contribution >= 0.6 is 0 Å². The molecule has 0 heterocycles. The van der Waals surface area contributed by atoms with E-state index in [1.54, 1.807) is 0 Å². The van der Waals surface area contributed by atoms with Crippen molar-refractivity contribution in [2.75, 3.05) is 0 Å². The number of ketones is 1. The summed E-state index contributed by atoms with van der Waals surface area (Å²) in [4.78, 5) is 12.9. The molecule has 0 aliphatic heterocycles. The summed E-state index contributed by atoms with van der Waals surface area (Å²) in [5.41, 5.74) is -0.251. The number of carbonyl (C=O) groups excluding carboxylic acids is 1. The first-order valence-corrected chi connectivity index (χ1v) is 11.6. The van der Waals surface area contributed by atoms with Gasteiger partial charge in [-0.25, -0.2) is 0 Å². The third kappa shape index (κ3) is 4.34. The van der Waals surface area contributed by atoms with E-state index in [0.29, 0.717) is 18.1 Å². The van der Waals surface area contributed by atoms with Crippen LogP contribution in [0, 0.1) is 29.1 Å². The van der Waals surface area contributed by atoms with Crippen molar-refractivity contribution < 1.29 is 15.0 Å². The molecule has 0 aromatic heterocycles. The van der Waals surface area contributed by atoms with Crippen LogP contribution in [0.2, 0.25) is 0 Å². The van der Waals surface area contributed by atoms with E-state index in [2.05, 4.69) is 19.9 Å². The molecule has 1 unspecified atom stereocenters. The second-order valence-corrected chi connectivity index (χ2v) is 9.72. The summed E-state index contributed by atoms with van der Waals surface area (Å²) in [6, 6.07) is 0. The Balaban J connectivity index is 1.66. The number of rotatable bonds is 8. The van der Waals surface area contributed by atoms with Gasteiger partial charge in [-0.1, -0.05) is 70.9 Å². The molecule has 0 bridgehead atoms. The molecule has 3 heteroatoms. The largest absolute Gasteiger partial charge is 0.393 e. The number of Topliss-reactive ketones (excluding diaryl/α,β-unsaturated/α-hetero) is 1. The van der Waals surface area contributed by atoms with Gasteiger partial charge in [-0.2, -0.15) is 0 Å². The molecule has 2 N–H and O–H groups in total. The summed E-state index contributed by atoms with van der Waals surface area (Å²) in [6.45, 7) is 4.33. The molecule has 154 valence electrons. The number of carbonyl (C=O) groups is 1. The van der Waals surface area contributed by atoms with Crippen LogP contribution in [-0.2, 0) is 4.79 Å². The lowest BCUT2D eigenvalue weighted by Gasteiger charge is -2.58. The van der Waals surface area contributed by atoms with Crippen LogP contribution in [0.5, 0.6) is 0 Å². The van der Waals surface area contributed by atoms with Crippen molar-refractivity contribution in [1.82, 2.24) is 0 Å². The molecule has 3 aliphatic rings. The van der Waals surface area contributed by atoms with E-state index >= 15 is 0 Å². The Labute approximate surface area is 165 Å². The summed E-state index contributed by atoms with van der Waals surface area (Å²) < 4.78 is 0. The maximum atomic E-state index is 12.9. The van der Waals surface area contributed by atoms with Crippen molar-refractivity contribution in [2.45, 2.75) is 103 Å². The van der Waals surface area contributed by atoms with Gasteiger partial charge < -0.3 is 10.2 Å². The zero-order valence-corrected chi connectivity index (χ0v) is 17.4. The maximum absolute atomic E-state index is 12.9. The van der Waals surface area contributed by atoms with Crippen molar-refractivity contribution in [3.8, 4) is 0 Å². The molecule has 0 saturated heterocycles. The fourth-order valence-electron chi connectivity index (χ4n) is 6.19. The molecule has 0 amide bonds. The first-order chi connectivity index (χ1) is 13.0. The average Bonchev–Trinajstić information content (AvgIpc) is 2.69. The Morgan fingerprint density at radius 3 is 2.59 bits per heavy atom. The fourth-order valence-corrected chi connectivity index (χ4v) is 6.19. The van der Waals surface area contributed by atoms with E-state index in [1.807, 2.05) is 6.08 Å². The van der Waals surface area contributed by atoms with Crippen LogP contribution in [0.4, 0.5) is 0 Å². The summed E-state index contributed by atoms with van der Waals surface area (Å²) in [5, 5.41) is 21.3. The summed E-state index contributed by atoms with van der Waals surface area (Å²) in [6.07, 6.45) is 16.5. The Kier molecular flexibility index (Phi) is 7.19. The predicted molar refractivity (Wildman–Crippen MR) is 109 cm³/mol.